The summed E-state index contributed by atoms with van der Waals surface area (Å²) in [5.74, 6) is 0.168. The lowest BCUT2D eigenvalue weighted by molar-refractivity contribution is 0.397. The third kappa shape index (κ3) is 2.72. The van der Waals surface area contributed by atoms with E-state index in [4.69, 9.17) is 10.5 Å². The molecule has 1 aliphatic rings. The average Bonchev–Trinajstić information content (AvgIpc) is 3.10. The second-order valence-corrected chi connectivity index (χ2v) is 7.89. The highest BCUT2D eigenvalue weighted by molar-refractivity contribution is 7.22. The van der Waals surface area contributed by atoms with Crippen LogP contribution < -0.4 is 21.3 Å². The van der Waals surface area contributed by atoms with Gasteiger partial charge in [0.05, 0.1) is 11.5 Å². The number of benzene rings is 1. The van der Waals surface area contributed by atoms with Gasteiger partial charge in [-0.1, -0.05) is 49.4 Å². The number of anilines is 1. The second-order valence-electron chi connectivity index (χ2n) is 6.89. The van der Waals surface area contributed by atoms with Crippen LogP contribution in [0.3, 0.4) is 0 Å². The maximum absolute atomic E-state index is 12.9. The number of nitrogens with zero attached hydrogens (tertiary/aromatic N) is 2. The number of nitrogens with one attached hydrogen (secondary N) is 2. The highest BCUT2D eigenvalue weighted by Crippen LogP contribution is 2.45. The number of aromatic amines is 1. The number of hydrogen-bond acceptors (Lipinski definition) is 7. The van der Waals surface area contributed by atoms with Crippen molar-refractivity contribution in [3.63, 3.8) is 0 Å². The van der Waals surface area contributed by atoms with Gasteiger partial charge >= 0.3 is 0 Å². The van der Waals surface area contributed by atoms with Crippen LogP contribution in [0, 0.1) is 11.3 Å². The minimum atomic E-state index is -0.594. The van der Waals surface area contributed by atoms with E-state index in [2.05, 4.69) is 35.2 Å². The van der Waals surface area contributed by atoms with E-state index in [1.54, 1.807) is 7.05 Å². The summed E-state index contributed by atoms with van der Waals surface area (Å²) in [4.78, 5) is 20.1. The number of nitrogens with two attached hydrogens (primary N) is 1. The van der Waals surface area contributed by atoms with Crippen LogP contribution in [0.25, 0.3) is 10.3 Å². The fourth-order valence-electron chi connectivity index (χ4n) is 3.41. The van der Waals surface area contributed by atoms with Crippen molar-refractivity contribution in [2.75, 3.05) is 12.4 Å². The molecule has 1 atom stereocenters. The molecule has 0 saturated heterocycles. The van der Waals surface area contributed by atoms with Gasteiger partial charge in [-0.2, -0.15) is 5.26 Å². The molecule has 0 radical (unpaired) electrons. The molecule has 3 heterocycles. The van der Waals surface area contributed by atoms with Crippen LogP contribution in [-0.2, 0) is 0 Å². The lowest BCUT2D eigenvalue weighted by atomic mass is 9.83. The highest BCUT2D eigenvalue weighted by Gasteiger charge is 2.35. The Labute approximate surface area is 165 Å². The Kier molecular flexibility index (Phi) is 4.32. The molecule has 7 nitrogen and oxygen atoms in total. The van der Waals surface area contributed by atoms with E-state index in [0.717, 1.165) is 5.56 Å². The van der Waals surface area contributed by atoms with Gasteiger partial charge in [-0.3, -0.25) is 4.79 Å². The zero-order chi connectivity index (χ0) is 20.0. The minimum absolute atomic E-state index is 0.0132. The Morgan fingerprint density at radius 2 is 2.07 bits per heavy atom. The van der Waals surface area contributed by atoms with Gasteiger partial charge in [-0.05, 0) is 17.0 Å². The number of pyridine rings is 1. The average molecular weight is 393 g/mol. The maximum Gasteiger partial charge on any atom is 0.257 e. The first kappa shape index (κ1) is 18.1. The molecule has 3 aromatic rings. The first-order chi connectivity index (χ1) is 13.4. The summed E-state index contributed by atoms with van der Waals surface area (Å²) in [7, 11) is 1.75. The van der Waals surface area contributed by atoms with Crippen LogP contribution in [0.4, 0.5) is 5.13 Å². The standard InChI is InChI=1S/C20H19N5O2S/c1-9(2)10-4-6-11(7-5-10)13-12(8-21)17(22)27-15-14(13)19(26)24-18-16(15)28-20(23-3)25-18/h4-7,9,13H,22H2,1-3H3,(H2,23,24,25,26). The SMILES string of the molecule is CNc1nc2[nH]c(=O)c3c(c2s1)OC(N)=C(C#N)C3c1ccc(C(C)C)cc1. The van der Waals surface area contributed by atoms with E-state index in [9.17, 15) is 10.1 Å². The van der Waals surface area contributed by atoms with E-state index >= 15 is 0 Å². The molecular formula is C20H19N5O2S. The Morgan fingerprint density at radius 1 is 1.36 bits per heavy atom. The van der Waals surface area contributed by atoms with E-state index in [-0.39, 0.29) is 17.0 Å². The predicted octanol–water partition coefficient (Wildman–Crippen LogP) is 3.37. The maximum atomic E-state index is 12.9. The monoisotopic (exact) mass is 393 g/mol. The van der Waals surface area contributed by atoms with Gasteiger partial charge in [0.25, 0.3) is 5.56 Å². The van der Waals surface area contributed by atoms with Crippen molar-refractivity contribution in [1.82, 2.24) is 9.97 Å². The van der Waals surface area contributed by atoms with Gasteiger partial charge in [-0.25, -0.2) is 4.98 Å². The molecule has 0 amide bonds. The summed E-state index contributed by atoms with van der Waals surface area (Å²) < 4.78 is 6.44. The summed E-state index contributed by atoms with van der Waals surface area (Å²) >= 11 is 1.36. The minimum Gasteiger partial charge on any atom is -0.438 e. The number of ether oxygens (including phenoxy) is 1. The molecule has 4 rings (SSSR count). The van der Waals surface area contributed by atoms with Crippen LogP contribution in [0.5, 0.6) is 5.75 Å². The highest BCUT2D eigenvalue weighted by atomic mass is 32.1. The van der Waals surface area contributed by atoms with Crippen LogP contribution in [-0.4, -0.2) is 17.0 Å². The fraction of sp³-hybridized carbons (Fsp3) is 0.250. The molecule has 0 fully saturated rings. The molecule has 0 aliphatic carbocycles. The quantitative estimate of drug-likeness (QED) is 0.628. The van der Waals surface area contributed by atoms with E-state index in [1.165, 1.54) is 16.9 Å². The van der Waals surface area contributed by atoms with E-state index in [0.29, 0.717) is 32.7 Å². The molecule has 1 aromatic carbocycles. The number of nitriles is 1. The number of rotatable bonds is 3. The summed E-state index contributed by atoms with van der Waals surface area (Å²) in [6, 6.07) is 10.0. The van der Waals surface area contributed by atoms with Crippen molar-refractivity contribution in [2.45, 2.75) is 25.7 Å². The van der Waals surface area contributed by atoms with Crippen LogP contribution >= 0.6 is 11.3 Å². The van der Waals surface area contributed by atoms with Crippen LogP contribution in [0.15, 0.2) is 40.5 Å². The molecule has 2 aromatic heterocycles. The Hall–Kier alpha value is -3.31. The van der Waals surface area contributed by atoms with Gasteiger partial charge in [0.1, 0.15) is 16.3 Å². The molecule has 0 spiro atoms. The lowest BCUT2D eigenvalue weighted by Crippen LogP contribution is -2.27. The molecule has 0 saturated carbocycles. The van der Waals surface area contributed by atoms with E-state index in [1.807, 2.05) is 24.3 Å². The van der Waals surface area contributed by atoms with Crippen molar-refractivity contribution in [3.8, 4) is 11.8 Å². The smallest absolute Gasteiger partial charge is 0.257 e. The summed E-state index contributed by atoms with van der Waals surface area (Å²) in [5.41, 5.74) is 8.77. The van der Waals surface area contributed by atoms with Gasteiger partial charge in [0.15, 0.2) is 16.5 Å². The lowest BCUT2D eigenvalue weighted by Gasteiger charge is -2.25. The third-order valence-corrected chi connectivity index (χ3v) is 5.95. The van der Waals surface area contributed by atoms with Crippen molar-refractivity contribution in [3.05, 3.63) is 62.8 Å². The molecule has 1 unspecified atom stereocenters. The fourth-order valence-corrected chi connectivity index (χ4v) is 4.28. The predicted molar refractivity (Wildman–Crippen MR) is 110 cm³/mol. The van der Waals surface area contributed by atoms with Crippen LogP contribution in [0.1, 0.15) is 42.4 Å². The Bertz CT molecular complexity index is 1200. The van der Waals surface area contributed by atoms with Gasteiger partial charge in [0, 0.05) is 7.05 Å². The number of thiazole rings is 1. The molecule has 4 N–H and O–H groups in total. The number of aromatic nitrogens is 2. The first-order valence-corrected chi connectivity index (χ1v) is 9.68. The number of fused-ring (bicyclic) bond motifs is 3. The second kappa shape index (κ2) is 6.69. The van der Waals surface area contributed by atoms with Gasteiger partial charge in [-0.15, -0.1) is 0 Å². The van der Waals surface area contributed by atoms with Gasteiger partial charge in [0.2, 0.25) is 5.88 Å². The van der Waals surface area contributed by atoms with Crippen molar-refractivity contribution < 1.29 is 4.74 Å². The Balaban J connectivity index is 1.98. The zero-order valence-corrected chi connectivity index (χ0v) is 16.5. The van der Waals surface area contributed by atoms with E-state index < -0.39 is 5.92 Å². The molecule has 142 valence electrons. The first-order valence-electron chi connectivity index (χ1n) is 8.86. The molecule has 28 heavy (non-hydrogen) atoms. The summed E-state index contributed by atoms with van der Waals surface area (Å²) in [6.45, 7) is 4.23. The topological polar surface area (TPSA) is 117 Å². The molecule has 8 heteroatoms. The molecule has 0 bridgehead atoms. The Morgan fingerprint density at radius 3 is 2.68 bits per heavy atom. The van der Waals surface area contributed by atoms with Crippen molar-refractivity contribution in [2.24, 2.45) is 5.73 Å². The van der Waals surface area contributed by atoms with Crippen LogP contribution in [0.2, 0.25) is 0 Å². The normalized spacial score (nSPS) is 16.0. The largest absolute Gasteiger partial charge is 0.438 e. The van der Waals surface area contributed by atoms with Crippen molar-refractivity contribution in [1.29, 1.82) is 5.26 Å². The molecule has 1 aliphatic heterocycles. The zero-order valence-electron chi connectivity index (χ0n) is 15.7. The number of H-pyrrole nitrogens is 1. The number of allylic oxidation sites excluding steroid dienone is 1. The summed E-state index contributed by atoms with van der Waals surface area (Å²) in [5, 5.41) is 13.3. The van der Waals surface area contributed by atoms with Crippen molar-refractivity contribution >= 4 is 26.8 Å². The number of hydrogen-bond donors (Lipinski definition) is 3. The third-order valence-electron chi connectivity index (χ3n) is 4.88. The van der Waals surface area contributed by atoms with Gasteiger partial charge < -0.3 is 20.8 Å². The summed E-state index contributed by atoms with van der Waals surface area (Å²) in [6.07, 6.45) is 0. The molecular weight excluding hydrogens is 374 g/mol.